The topological polar surface area (TPSA) is 106 Å². The average Bonchev–Trinajstić information content (AvgIpc) is 3.08. The maximum Gasteiger partial charge on any atom is 0.328 e. The SMILES string of the molecule is COc1ccc2nc(NC(=O)CCn3c(=O)[nH]c(=O)c4ccccc43)sc2c1. The van der Waals surface area contributed by atoms with Crippen molar-refractivity contribution in [3.05, 3.63) is 63.3 Å². The Balaban J connectivity index is 1.52. The summed E-state index contributed by atoms with van der Waals surface area (Å²) in [7, 11) is 1.59. The second-order valence-electron chi connectivity index (χ2n) is 6.08. The third-order valence-corrected chi connectivity index (χ3v) is 5.24. The van der Waals surface area contributed by atoms with Crippen LogP contribution < -0.4 is 21.3 Å². The number of aromatic amines is 1. The van der Waals surface area contributed by atoms with Crippen LogP contribution in [0.2, 0.25) is 0 Å². The standard InChI is InChI=1S/C19H16N4O4S/c1-27-11-6-7-13-15(10-11)28-18(20-13)21-16(24)8-9-23-14-5-3-2-4-12(14)17(25)22-19(23)26/h2-7,10H,8-9H2,1H3,(H,20,21,24)(H,22,25,26). The number of ether oxygens (including phenoxy) is 1. The van der Waals surface area contributed by atoms with E-state index in [1.54, 1.807) is 37.4 Å². The fourth-order valence-electron chi connectivity index (χ4n) is 2.94. The van der Waals surface area contributed by atoms with E-state index >= 15 is 0 Å². The molecule has 142 valence electrons. The molecule has 0 aliphatic carbocycles. The molecule has 4 aromatic rings. The van der Waals surface area contributed by atoms with Crippen molar-refractivity contribution >= 4 is 43.5 Å². The Labute approximate surface area is 162 Å². The quantitative estimate of drug-likeness (QED) is 0.539. The third kappa shape index (κ3) is 3.39. The Hall–Kier alpha value is -3.46. The molecule has 0 fully saturated rings. The minimum absolute atomic E-state index is 0.0647. The number of nitrogens with one attached hydrogen (secondary N) is 2. The van der Waals surface area contributed by atoms with Crippen LogP contribution in [0, 0.1) is 0 Å². The van der Waals surface area contributed by atoms with Gasteiger partial charge >= 0.3 is 5.69 Å². The highest BCUT2D eigenvalue weighted by Gasteiger charge is 2.11. The van der Waals surface area contributed by atoms with Gasteiger partial charge in [0.15, 0.2) is 5.13 Å². The molecule has 28 heavy (non-hydrogen) atoms. The molecule has 0 saturated carbocycles. The molecule has 0 aliphatic heterocycles. The van der Waals surface area contributed by atoms with E-state index in [-0.39, 0.29) is 18.9 Å². The molecule has 2 heterocycles. The molecule has 2 aromatic carbocycles. The summed E-state index contributed by atoms with van der Waals surface area (Å²) in [5.74, 6) is 0.451. The maximum atomic E-state index is 12.3. The van der Waals surface area contributed by atoms with E-state index < -0.39 is 11.2 Å². The summed E-state index contributed by atoms with van der Waals surface area (Å²) in [6.07, 6.45) is 0.0647. The van der Waals surface area contributed by atoms with Crippen molar-refractivity contribution in [3.63, 3.8) is 0 Å². The average molecular weight is 396 g/mol. The second-order valence-corrected chi connectivity index (χ2v) is 7.11. The van der Waals surface area contributed by atoms with E-state index in [4.69, 9.17) is 4.74 Å². The number of aryl methyl sites for hydroxylation is 1. The summed E-state index contributed by atoms with van der Waals surface area (Å²) >= 11 is 1.35. The molecular formula is C19H16N4O4S. The largest absolute Gasteiger partial charge is 0.497 e. The number of benzene rings is 2. The zero-order chi connectivity index (χ0) is 19.7. The summed E-state index contributed by atoms with van der Waals surface area (Å²) < 4.78 is 7.48. The van der Waals surface area contributed by atoms with Crippen molar-refractivity contribution < 1.29 is 9.53 Å². The zero-order valence-corrected chi connectivity index (χ0v) is 15.7. The molecule has 2 aromatic heterocycles. The fourth-order valence-corrected chi connectivity index (χ4v) is 3.86. The van der Waals surface area contributed by atoms with Crippen molar-refractivity contribution in [3.8, 4) is 5.75 Å². The summed E-state index contributed by atoms with van der Waals surface area (Å²) in [6.45, 7) is 0.140. The highest BCUT2D eigenvalue weighted by atomic mass is 32.1. The summed E-state index contributed by atoms with van der Waals surface area (Å²) in [5, 5.41) is 3.64. The van der Waals surface area contributed by atoms with Gasteiger partial charge < -0.3 is 10.1 Å². The van der Waals surface area contributed by atoms with Crippen LogP contribution in [0.15, 0.2) is 52.1 Å². The van der Waals surface area contributed by atoms with E-state index in [1.165, 1.54) is 15.9 Å². The first-order valence-corrected chi connectivity index (χ1v) is 9.33. The van der Waals surface area contributed by atoms with Crippen LogP contribution in [0.25, 0.3) is 21.1 Å². The van der Waals surface area contributed by atoms with Crippen molar-refractivity contribution in [2.24, 2.45) is 0 Å². The monoisotopic (exact) mass is 396 g/mol. The van der Waals surface area contributed by atoms with Gasteiger partial charge in [-0.1, -0.05) is 23.5 Å². The summed E-state index contributed by atoms with van der Waals surface area (Å²) in [4.78, 5) is 43.1. The van der Waals surface area contributed by atoms with Crippen LogP contribution in [-0.2, 0) is 11.3 Å². The number of amides is 1. The molecule has 0 bridgehead atoms. The molecule has 0 radical (unpaired) electrons. The number of hydrogen-bond donors (Lipinski definition) is 2. The van der Waals surface area contributed by atoms with Gasteiger partial charge in [-0.2, -0.15) is 0 Å². The van der Waals surface area contributed by atoms with Crippen LogP contribution in [0.1, 0.15) is 6.42 Å². The molecule has 0 saturated heterocycles. The van der Waals surface area contributed by atoms with Crippen molar-refractivity contribution in [1.82, 2.24) is 14.5 Å². The predicted molar refractivity (Wildman–Crippen MR) is 108 cm³/mol. The molecule has 4 rings (SSSR count). The van der Waals surface area contributed by atoms with Crippen LogP contribution in [0.5, 0.6) is 5.75 Å². The smallest absolute Gasteiger partial charge is 0.328 e. The Morgan fingerprint density at radius 3 is 2.89 bits per heavy atom. The van der Waals surface area contributed by atoms with Gasteiger partial charge in [-0.25, -0.2) is 9.78 Å². The molecule has 0 spiro atoms. The van der Waals surface area contributed by atoms with Crippen molar-refractivity contribution in [2.75, 3.05) is 12.4 Å². The number of para-hydroxylation sites is 1. The van der Waals surface area contributed by atoms with E-state index in [9.17, 15) is 14.4 Å². The van der Waals surface area contributed by atoms with Crippen LogP contribution in [0.3, 0.4) is 0 Å². The zero-order valence-electron chi connectivity index (χ0n) is 14.9. The number of nitrogens with zero attached hydrogens (tertiary/aromatic N) is 2. The minimum atomic E-state index is -0.538. The molecule has 9 heteroatoms. The van der Waals surface area contributed by atoms with Gasteiger partial charge in [0, 0.05) is 13.0 Å². The van der Waals surface area contributed by atoms with Crippen molar-refractivity contribution in [1.29, 1.82) is 0 Å². The number of carbonyl (C=O) groups excluding carboxylic acids is 1. The number of hydrogen-bond acceptors (Lipinski definition) is 6. The highest BCUT2D eigenvalue weighted by Crippen LogP contribution is 2.29. The Bertz CT molecular complexity index is 1300. The lowest BCUT2D eigenvalue weighted by atomic mass is 10.2. The van der Waals surface area contributed by atoms with Gasteiger partial charge in [-0.05, 0) is 30.3 Å². The van der Waals surface area contributed by atoms with Crippen molar-refractivity contribution in [2.45, 2.75) is 13.0 Å². The van der Waals surface area contributed by atoms with Crippen LogP contribution in [-0.4, -0.2) is 27.6 Å². The normalized spacial score (nSPS) is 11.0. The molecule has 2 N–H and O–H groups in total. The van der Waals surface area contributed by atoms with Crippen LogP contribution in [0.4, 0.5) is 5.13 Å². The van der Waals surface area contributed by atoms with Gasteiger partial charge in [-0.15, -0.1) is 0 Å². The van der Waals surface area contributed by atoms with Gasteiger partial charge in [0.1, 0.15) is 5.75 Å². The lowest BCUT2D eigenvalue weighted by Gasteiger charge is -2.08. The van der Waals surface area contributed by atoms with Gasteiger partial charge in [-0.3, -0.25) is 19.1 Å². The predicted octanol–water partition coefficient (Wildman–Crippen LogP) is 2.34. The summed E-state index contributed by atoms with van der Waals surface area (Å²) in [6, 6.07) is 12.3. The lowest BCUT2D eigenvalue weighted by molar-refractivity contribution is -0.116. The van der Waals surface area contributed by atoms with Gasteiger partial charge in [0.2, 0.25) is 5.91 Å². The van der Waals surface area contributed by atoms with E-state index in [0.717, 1.165) is 16.0 Å². The number of fused-ring (bicyclic) bond motifs is 2. The number of anilines is 1. The first kappa shape index (κ1) is 17.9. The number of aromatic nitrogens is 3. The molecule has 0 atom stereocenters. The van der Waals surface area contributed by atoms with E-state index in [1.807, 2.05) is 12.1 Å². The van der Waals surface area contributed by atoms with E-state index in [2.05, 4.69) is 15.3 Å². The lowest BCUT2D eigenvalue weighted by Crippen LogP contribution is -2.31. The van der Waals surface area contributed by atoms with Crippen LogP contribution >= 0.6 is 11.3 Å². The Morgan fingerprint density at radius 2 is 2.07 bits per heavy atom. The molecule has 0 aliphatic rings. The maximum absolute atomic E-state index is 12.3. The second kappa shape index (κ2) is 7.28. The summed E-state index contributed by atoms with van der Waals surface area (Å²) in [5.41, 5.74) is 0.287. The molecule has 0 unspecified atom stereocenters. The third-order valence-electron chi connectivity index (χ3n) is 4.31. The number of rotatable bonds is 5. The number of methoxy groups -OCH3 is 1. The number of thiazole rings is 1. The molecule has 8 nitrogen and oxygen atoms in total. The minimum Gasteiger partial charge on any atom is -0.497 e. The van der Waals surface area contributed by atoms with Gasteiger partial charge in [0.05, 0.1) is 28.2 Å². The number of carbonyl (C=O) groups is 1. The molecule has 1 amide bonds. The van der Waals surface area contributed by atoms with E-state index in [0.29, 0.717) is 16.0 Å². The Morgan fingerprint density at radius 1 is 1.25 bits per heavy atom. The first-order chi connectivity index (χ1) is 13.5. The van der Waals surface area contributed by atoms with Gasteiger partial charge in [0.25, 0.3) is 5.56 Å². The highest BCUT2D eigenvalue weighted by molar-refractivity contribution is 7.22. The fraction of sp³-hybridized carbons (Fsp3) is 0.158. The molecular weight excluding hydrogens is 380 g/mol. The Kier molecular flexibility index (Phi) is 4.66. The first-order valence-electron chi connectivity index (χ1n) is 8.51. The number of H-pyrrole nitrogens is 1.